The Balaban J connectivity index is 0.000000133. The van der Waals surface area contributed by atoms with Gasteiger partial charge < -0.3 is 65.3 Å². The van der Waals surface area contributed by atoms with Crippen LogP contribution in [-0.4, -0.2) is 176 Å². The van der Waals surface area contributed by atoms with Crippen LogP contribution >= 0.6 is 75.9 Å². The number of urea groups is 2. The van der Waals surface area contributed by atoms with Gasteiger partial charge in [0.1, 0.15) is 45.4 Å². The van der Waals surface area contributed by atoms with Crippen LogP contribution in [0.4, 0.5) is 9.59 Å². The Bertz CT molecular complexity index is 3900. The highest BCUT2D eigenvalue weighted by Gasteiger charge is 2.73. The zero-order valence-corrected chi connectivity index (χ0v) is 66.6. The van der Waals surface area contributed by atoms with Crippen LogP contribution in [0.1, 0.15) is 146 Å². The summed E-state index contributed by atoms with van der Waals surface area (Å²) in [7, 11) is 13.3. The van der Waals surface area contributed by atoms with E-state index in [4.69, 9.17) is 61.1 Å². The van der Waals surface area contributed by atoms with Crippen molar-refractivity contribution in [3.8, 4) is 23.0 Å². The molecule has 26 nitrogen and oxygen atoms in total. The summed E-state index contributed by atoms with van der Waals surface area (Å²) in [6, 6.07) is 21.9. The largest absolute Gasteiger partial charge is 0.483 e. The molecule has 31 heteroatoms. The molecule has 4 aromatic carbocycles. The summed E-state index contributed by atoms with van der Waals surface area (Å²) in [6.07, 6.45) is 12.8. The maximum atomic E-state index is 13.3. The van der Waals surface area contributed by atoms with Crippen LogP contribution in [0.15, 0.2) is 95.7 Å². The summed E-state index contributed by atoms with van der Waals surface area (Å²) in [5.74, 6) is 2.29. The quantitative estimate of drug-likeness (QED) is 0.0432. The summed E-state index contributed by atoms with van der Waals surface area (Å²) in [5, 5.41) is 19.9. The fourth-order valence-corrected chi connectivity index (χ4v) is 18.7. The van der Waals surface area contributed by atoms with Gasteiger partial charge in [0.2, 0.25) is 5.54 Å². The van der Waals surface area contributed by atoms with E-state index in [1.54, 1.807) is 63.3 Å². The van der Waals surface area contributed by atoms with Gasteiger partial charge in [0.15, 0.2) is 27.7 Å². The van der Waals surface area contributed by atoms with Gasteiger partial charge in [-0.1, -0.05) is 63.7 Å². The summed E-state index contributed by atoms with van der Waals surface area (Å²) in [5.41, 5.74) is 6.02. The first-order valence-electron chi connectivity index (χ1n) is 34.3. The minimum Gasteiger partial charge on any atom is -0.483 e. The molecular formula is C72H90Br4N10O16S. The van der Waals surface area contributed by atoms with Crippen LogP contribution in [0, 0.1) is 0 Å². The molecule has 4 saturated carbocycles. The number of likely N-dealkylation sites (N-methyl/N-ethyl adjacent to an activating group) is 3. The first kappa shape index (κ1) is 78.0. The Morgan fingerprint density at radius 1 is 0.495 bits per heavy atom. The highest BCUT2D eigenvalue weighted by Crippen LogP contribution is 2.62. The standard InChI is InChI=1S/C17H20BrN3O3.C17H19BrN2O4.C17H19BrN2O3S.C16H17BrN2O4.C4H10O2.CH5N/c1-21-14(22)17(20-15(21)19)12-9-10(18)3-4-13(12)24-16(17)7-5-11(23-2)6-8-16;1-20-14(21)17(19-15(20)22)12-9-10(18)3-4-13(12)24-16(17)7-5-11(23-2)6-8-16;1-20-14(21)17(19-15(20)24)12-9-10(18)3-4-13(12)23-16(17)7-5-11(22-2)6-8-16;1-22-10-4-6-15(7-5-10)16(13(20)18-14(21)19-16)11-8-9(17)2-3-12(11)23-15;1-4(2,3)6-5;1-2/h3-4,9,11H,5-8H2,1-2H3,(H2,19,20);3-4,9,11H,5-8H2,1-2H3,(H,19,22);3-4,9,11H,5-8H2,1-2H3,(H,19,24);2-3,8,10H,4-7H2,1H3,(H2,18,19,20,21);5H,1-3H3;2H2,1H3. The number of ether oxygens (including phenoxy) is 8. The number of carbonyl (C=O) groups excluding carboxylic acids is 6. The van der Waals surface area contributed by atoms with Gasteiger partial charge >= 0.3 is 12.1 Å². The minimum absolute atomic E-state index is 0.0415. The van der Waals surface area contributed by atoms with Crippen molar-refractivity contribution >= 4 is 123 Å². The molecule has 8 heterocycles. The molecule has 0 radical (unpaired) electrons. The number of thiocarbonyl (C=S) groups is 1. The number of guanidine groups is 1. The van der Waals surface area contributed by atoms with Crippen LogP contribution in [0.5, 0.6) is 23.0 Å². The molecule has 8 spiro atoms. The molecule has 8 aliphatic heterocycles. The molecule has 4 aliphatic carbocycles. The van der Waals surface area contributed by atoms with Gasteiger partial charge in [-0.05, 0) is 216 Å². The van der Waals surface area contributed by atoms with Crippen LogP contribution in [0.3, 0.4) is 0 Å². The van der Waals surface area contributed by atoms with Crippen LogP contribution in [0.2, 0.25) is 0 Å². The number of nitrogens with one attached hydrogen (secondary N) is 4. The van der Waals surface area contributed by atoms with E-state index in [1.165, 1.54) is 23.9 Å². The van der Waals surface area contributed by atoms with Crippen LogP contribution < -0.4 is 51.7 Å². The topological polar surface area (TPSA) is 328 Å². The van der Waals surface area contributed by atoms with Crippen molar-refractivity contribution in [1.82, 2.24) is 36.0 Å². The number of benzene rings is 4. The Morgan fingerprint density at radius 2 is 0.816 bits per heavy atom. The molecule has 7 fully saturated rings. The average molecular weight is 1700 g/mol. The third-order valence-corrected chi connectivity index (χ3v) is 24.8. The summed E-state index contributed by atoms with van der Waals surface area (Å²) >= 11 is 19.3. The SMILES string of the molecule is CC(C)(C)OO.CN.COC1CCC2(CC1)Oc1ccc(Br)cc1C21N=C(N)N(C)C1=O.COC1CCC2(CC1)Oc1ccc(Br)cc1C21NC(=O)N(C)C1=O.COC1CCC2(CC1)Oc1ccc(Br)cc1C21NC(=O)NC1=O.COC1CCC2(CC1)Oc1ccc(Br)cc1C21NC(=S)N(C)C1=O. The number of nitrogens with zero attached hydrogens (tertiary/aromatic N) is 4. The van der Waals surface area contributed by atoms with Gasteiger partial charge in [0.25, 0.3) is 23.6 Å². The molecule has 8 amide bonds. The number of halogens is 4. The second-order valence-electron chi connectivity index (χ2n) is 28.7. The predicted molar refractivity (Wildman–Crippen MR) is 398 cm³/mol. The van der Waals surface area contributed by atoms with Gasteiger partial charge in [0, 0.05) is 89.7 Å². The summed E-state index contributed by atoms with van der Waals surface area (Å²) < 4.78 is 50.9. The van der Waals surface area contributed by atoms with Crippen molar-refractivity contribution in [3.63, 3.8) is 0 Å². The molecule has 4 aromatic rings. The van der Waals surface area contributed by atoms with Crippen molar-refractivity contribution < 1.29 is 76.8 Å². The number of aliphatic imine (C=N–C) groups is 1. The molecule has 16 rings (SSSR count). The molecule has 0 aromatic heterocycles. The number of hydrogen-bond donors (Lipinski definition) is 7. The van der Waals surface area contributed by atoms with E-state index >= 15 is 0 Å². The first-order chi connectivity index (χ1) is 48.9. The molecule has 4 atom stereocenters. The fraction of sp³-hybridized carbons (Fsp3) is 0.556. The second kappa shape index (κ2) is 29.6. The van der Waals surface area contributed by atoms with Crippen molar-refractivity contribution in [2.75, 3.05) is 56.6 Å². The van der Waals surface area contributed by atoms with E-state index in [-0.39, 0.29) is 60.0 Å². The summed E-state index contributed by atoms with van der Waals surface area (Å²) in [4.78, 5) is 89.4. The lowest BCUT2D eigenvalue weighted by Gasteiger charge is -2.44. The zero-order chi connectivity index (χ0) is 74.8. The van der Waals surface area contributed by atoms with Gasteiger partial charge in [-0.3, -0.25) is 44.5 Å². The third kappa shape index (κ3) is 12.8. The molecular weight excluding hydrogens is 1610 g/mol. The highest BCUT2D eigenvalue weighted by molar-refractivity contribution is 9.11. The average Bonchev–Trinajstić information content (AvgIpc) is 1.56. The second-order valence-corrected chi connectivity index (χ2v) is 32.7. The van der Waals surface area contributed by atoms with Gasteiger partial charge in [-0.15, -0.1) is 0 Å². The normalized spacial score (nSPS) is 32.8. The summed E-state index contributed by atoms with van der Waals surface area (Å²) in [6.45, 7) is 5.31. The van der Waals surface area contributed by atoms with Crippen molar-refractivity contribution in [3.05, 3.63) is 113 Å². The number of fused-ring (bicyclic) bond motifs is 12. The number of imide groups is 2. The van der Waals surface area contributed by atoms with Gasteiger partial charge in [0.05, 0.1) is 30.0 Å². The van der Waals surface area contributed by atoms with E-state index in [0.29, 0.717) is 66.4 Å². The molecule has 558 valence electrons. The molecule has 0 bridgehead atoms. The van der Waals surface area contributed by atoms with E-state index < -0.39 is 56.2 Å². The molecule has 12 aliphatic rings. The zero-order valence-electron chi connectivity index (χ0n) is 59.5. The number of carbonyl (C=O) groups is 6. The molecule has 9 N–H and O–H groups in total. The number of amides is 8. The van der Waals surface area contributed by atoms with E-state index in [1.807, 2.05) is 72.8 Å². The molecule has 3 saturated heterocycles. The van der Waals surface area contributed by atoms with E-state index in [2.05, 4.69) is 101 Å². The van der Waals surface area contributed by atoms with Crippen molar-refractivity contribution in [1.29, 1.82) is 0 Å². The van der Waals surface area contributed by atoms with E-state index in [0.717, 1.165) is 109 Å². The maximum absolute atomic E-state index is 13.3. The Morgan fingerprint density at radius 3 is 1.12 bits per heavy atom. The monoisotopic (exact) mass is 1700 g/mol. The number of rotatable bonds is 4. The van der Waals surface area contributed by atoms with Crippen LogP contribution in [-0.2, 0) is 65.2 Å². The van der Waals surface area contributed by atoms with Crippen LogP contribution in [0.25, 0.3) is 0 Å². The molecule has 103 heavy (non-hydrogen) atoms. The number of nitrogens with two attached hydrogens (primary N) is 2. The van der Waals surface area contributed by atoms with Gasteiger partial charge in [-0.2, -0.15) is 0 Å². The number of methoxy groups -OCH3 is 4. The Kier molecular flexibility index (Phi) is 22.4. The Hall–Kier alpha value is -6.10. The first-order valence-corrected chi connectivity index (χ1v) is 37.9. The third-order valence-electron chi connectivity index (χ3n) is 22.4. The van der Waals surface area contributed by atoms with Crippen molar-refractivity contribution in [2.45, 2.75) is 198 Å². The fourth-order valence-electron chi connectivity index (χ4n) is 17.1. The smallest absolute Gasteiger partial charge is 0.325 e. The lowest BCUT2D eigenvalue weighted by molar-refractivity contribution is -0.306. The van der Waals surface area contributed by atoms with Crippen molar-refractivity contribution in [2.24, 2.45) is 16.5 Å². The van der Waals surface area contributed by atoms with E-state index in [9.17, 15) is 28.8 Å². The predicted octanol–water partition coefficient (Wildman–Crippen LogP) is 10.5. The lowest BCUT2D eigenvalue weighted by Crippen LogP contribution is -2.62. The minimum atomic E-state index is -1.16. The van der Waals surface area contributed by atoms with Gasteiger partial charge in [-0.25, -0.2) is 19.5 Å². The maximum Gasteiger partial charge on any atom is 0.325 e. The highest BCUT2D eigenvalue weighted by atomic mass is 79.9. The Labute approximate surface area is 638 Å². The number of hydrogen-bond acceptors (Lipinski definition) is 20. The molecule has 4 unspecified atom stereocenters. The lowest BCUT2D eigenvalue weighted by atomic mass is 9.68.